The van der Waals surface area contributed by atoms with Gasteiger partial charge >= 0.3 is 0 Å². The number of nitrogens with zero attached hydrogens (tertiary/aromatic N) is 1. The fraction of sp³-hybridized carbons (Fsp3) is 0.429. The van der Waals surface area contributed by atoms with Crippen molar-refractivity contribution in [3.8, 4) is 0 Å². The van der Waals surface area contributed by atoms with E-state index in [-0.39, 0.29) is 18.4 Å². The highest BCUT2D eigenvalue weighted by Crippen LogP contribution is 2.21. The molecule has 6 nitrogen and oxygen atoms in total. The molecule has 3 rings (SSSR count). The molecule has 27 heavy (non-hydrogen) atoms. The number of nitrogens with one attached hydrogen (secondary N) is 2. The summed E-state index contributed by atoms with van der Waals surface area (Å²) in [6.07, 6.45) is 3.62. The van der Waals surface area contributed by atoms with Gasteiger partial charge in [-0.05, 0) is 36.5 Å². The van der Waals surface area contributed by atoms with Gasteiger partial charge in [0.05, 0.1) is 19.4 Å². The number of furan rings is 1. The zero-order valence-electron chi connectivity index (χ0n) is 15.7. The van der Waals surface area contributed by atoms with Crippen molar-refractivity contribution >= 4 is 11.8 Å². The molecule has 0 bridgehead atoms. The van der Waals surface area contributed by atoms with Gasteiger partial charge in [-0.15, -0.1) is 0 Å². The Kier molecular flexibility index (Phi) is 6.65. The zero-order valence-corrected chi connectivity index (χ0v) is 15.7. The summed E-state index contributed by atoms with van der Waals surface area (Å²) < 4.78 is 5.21. The number of likely N-dealkylation sites (tertiary alicyclic amines) is 1. The zero-order chi connectivity index (χ0) is 19.1. The fourth-order valence-corrected chi connectivity index (χ4v) is 3.26. The van der Waals surface area contributed by atoms with E-state index in [0.717, 1.165) is 31.5 Å². The molecular weight excluding hydrogens is 342 g/mol. The highest BCUT2D eigenvalue weighted by Gasteiger charge is 2.28. The highest BCUT2D eigenvalue weighted by atomic mass is 16.3. The first-order valence-electron chi connectivity index (χ1n) is 9.49. The van der Waals surface area contributed by atoms with Gasteiger partial charge in [0.15, 0.2) is 0 Å². The van der Waals surface area contributed by atoms with Crippen LogP contribution in [0, 0.1) is 5.92 Å². The summed E-state index contributed by atoms with van der Waals surface area (Å²) in [5.74, 6) is 1.21. The van der Waals surface area contributed by atoms with Crippen molar-refractivity contribution in [2.24, 2.45) is 5.92 Å². The monoisotopic (exact) mass is 369 g/mol. The van der Waals surface area contributed by atoms with Gasteiger partial charge < -0.3 is 14.6 Å². The topological polar surface area (TPSA) is 74.6 Å². The Morgan fingerprint density at radius 1 is 1.15 bits per heavy atom. The molecule has 2 N–H and O–H groups in total. The number of amides is 2. The van der Waals surface area contributed by atoms with Crippen LogP contribution >= 0.6 is 0 Å². The number of rotatable bonds is 7. The maximum atomic E-state index is 13.1. The molecule has 0 spiro atoms. The van der Waals surface area contributed by atoms with Crippen LogP contribution in [0.4, 0.5) is 0 Å². The highest BCUT2D eigenvalue weighted by molar-refractivity contribution is 5.85. The lowest BCUT2D eigenvalue weighted by atomic mass is 9.97. The van der Waals surface area contributed by atoms with Gasteiger partial charge in [-0.25, -0.2) is 0 Å². The molecule has 2 amide bonds. The smallest absolute Gasteiger partial charge is 0.244 e. The van der Waals surface area contributed by atoms with Gasteiger partial charge in [0.2, 0.25) is 11.8 Å². The first kappa shape index (κ1) is 19.2. The second-order valence-electron chi connectivity index (χ2n) is 7.09. The summed E-state index contributed by atoms with van der Waals surface area (Å²) in [6, 6.07) is 12.6. The number of hydrogen-bond acceptors (Lipinski definition) is 4. The van der Waals surface area contributed by atoms with Gasteiger partial charge in [-0.1, -0.05) is 37.3 Å². The largest absolute Gasteiger partial charge is 0.467 e. The fourth-order valence-electron chi connectivity index (χ4n) is 3.26. The predicted molar refractivity (Wildman–Crippen MR) is 103 cm³/mol. The van der Waals surface area contributed by atoms with Crippen LogP contribution in [0.3, 0.4) is 0 Å². The maximum absolute atomic E-state index is 13.1. The molecule has 0 saturated carbocycles. The Hall–Kier alpha value is -2.60. The molecule has 1 aromatic carbocycles. The number of benzene rings is 1. The van der Waals surface area contributed by atoms with E-state index in [1.807, 2.05) is 35.2 Å². The molecule has 0 radical (unpaired) electrons. The average Bonchev–Trinajstić information content (AvgIpc) is 3.21. The molecule has 2 heterocycles. The Bertz CT molecular complexity index is 722. The summed E-state index contributed by atoms with van der Waals surface area (Å²) in [5, 5.41) is 5.94. The second kappa shape index (κ2) is 9.37. The van der Waals surface area contributed by atoms with Crippen LogP contribution in [-0.4, -0.2) is 36.3 Å². The normalized spacial score (nSPS) is 16.1. The summed E-state index contributed by atoms with van der Waals surface area (Å²) in [5.41, 5.74) is 0.875. The summed E-state index contributed by atoms with van der Waals surface area (Å²) in [4.78, 5) is 27.2. The molecule has 0 aliphatic carbocycles. The molecule has 1 fully saturated rings. The van der Waals surface area contributed by atoms with Crippen LogP contribution in [-0.2, 0) is 16.1 Å². The molecule has 1 aromatic heterocycles. The second-order valence-corrected chi connectivity index (χ2v) is 7.09. The Balaban J connectivity index is 1.60. The van der Waals surface area contributed by atoms with Crippen molar-refractivity contribution in [1.29, 1.82) is 0 Å². The minimum atomic E-state index is -0.519. The van der Waals surface area contributed by atoms with Crippen molar-refractivity contribution in [2.45, 2.75) is 32.4 Å². The number of carbonyl (C=O) groups is 2. The minimum Gasteiger partial charge on any atom is -0.467 e. The number of hydrogen-bond donors (Lipinski definition) is 2. The van der Waals surface area contributed by atoms with Crippen molar-refractivity contribution in [3.63, 3.8) is 0 Å². The molecule has 6 heteroatoms. The van der Waals surface area contributed by atoms with Crippen molar-refractivity contribution in [2.75, 3.05) is 19.6 Å². The first-order valence-corrected chi connectivity index (χ1v) is 9.49. The van der Waals surface area contributed by atoms with Crippen molar-refractivity contribution in [3.05, 3.63) is 60.1 Å². The van der Waals surface area contributed by atoms with Gasteiger partial charge in [-0.2, -0.15) is 0 Å². The summed E-state index contributed by atoms with van der Waals surface area (Å²) in [6.45, 7) is 4.17. The minimum absolute atomic E-state index is 0.0342. The summed E-state index contributed by atoms with van der Waals surface area (Å²) in [7, 11) is 0. The van der Waals surface area contributed by atoms with E-state index in [1.54, 1.807) is 18.4 Å². The Morgan fingerprint density at radius 2 is 1.89 bits per heavy atom. The standard InChI is InChI=1S/C21H27N3O3/c1-16-9-11-24(12-10-16)21(26)20(17-6-3-2-4-7-17)23-15-19(25)22-14-18-8-5-13-27-18/h2-8,13,16,20,23H,9-12,14-15H2,1H3,(H,22,25)/t20-/m0/s1. The molecule has 0 unspecified atom stereocenters. The van der Waals surface area contributed by atoms with Crippen LogP contribution in [0.5, 0.6) is 0 Å². The van der Waals surface area contributed by atoms with E-state index in [2.05, 4.69) is 17.6 Å². The average molecular weight is 369 g/mol. The molecule has 1 saturated heterocycles. The van der Waals surface area contributed by atoms with Crippen LogP contribution in [0.15, 0.2) is 53.1 Å². The van der Waals surface area contributed by atoms with Gasteiger partial charge in [-0.3, -0.25) is 14.9 Å². The molecular formula is C21H27N3O3. The molecule has 1 aliphatic heterocycles. The predicted octanol–water partition coefficient (Wildman–Crippen LogP) is 2.49. The van der Waals surface area contributed by atoms with Crippen LogP contribution in [0.1, 0.15) is 37.1 Å². The Labute approximate surface area is 159 Å². The van der Waals surface area contributed by atoms with E-state index < -0.39 is 6.04 Å². The van der Waals surface area contributed by atoms with Crippen molar-refractivity contribution in [1.82, 2.24) is 15.5 Å². The van der Waals surface area contributed by atoms with E-state index in [1.165, 1.54) is 0 Å². The van der Waals surface area contributed by atoms with E-state index in [4.69, 9.17) is 4.42 Å². The number of carbonyl (C=O) groups excluding carboxylic acids is 2. The van der Waals surface area contributed by atoms with E-state index in [0.29, 0.717) is 18.2 Å². The molecule has 2 aromatic rings. The van der Waals surface area contributed by atoms with Gasteiger partial charge in [0.25, 0.3) is 0 Å². The van der Waals surface area contributed by atoms with Crippen molar-refractivity contribution < 1.29 is 14.0 Å². The first-order chi connectivity index (χ1) is 13.1. The van der Waals surface area contributed by atoms with Crippen LogP contribution < -0.4 is 10.6 Å². The quantitative estimate of drug-likeness (QED) is 0.786. The SMILES string of the molecule is CC1CCN(C(=O)[C@@H](NCC(=O)NCc2ccco2)c2ccccc2)CC1. The molecule has 144 valence electrons. The van der Waals surface area contributed by atoms with E-state index >= 15 is 0 Å². The van der Waals surface area contributed by atoms with Gasteiger partial charge in [0.1, 0.15) is 11.8 Å². The van der Waals surface area contributed by atoms with Gasteiger partial charge in [0, 0.05) is 13.1 Å². The Morgan fingerprint density at radius 3 is 2.56 bits per heavy atom. The molecule has 1 aliphatic rings. The number of piperidine rings is 1. The third kappa shape index (κ3) is 5.44. The van der Waals surface area contributed by atoms with E-state index in [9.17, 15) is 9.59 Å². The molecule has 1 atom stereocenters. The lowest BCUT2D eigenvalue weighted by Gasteiger charge is -2.33. The summed E-state index contributed by atoms with van der Waals surface area (Å²) >= 11 is 0. The lowest BCUT2D eigenvalue weighted by molar-refractivity contribution is -0.135. The lowest BCUT2D eigenvalue weighted by Crippen LogP contribution is -2.46. The van der Waals surface area contributed by atoms with Crippen LogP contribution in [0.25, 0.3) is 0 Å². The third-order valence-corrected chi connectivity index (χ3v) is 4.98. The van der Waals surface area contributed by atoms with Crippen LogP contribution in [0.2, 0.25) is 0 Å². The third-order valence-electron chi connectivity index (χ3n) is 4.98. The maximum Gasteiger partial charge on any atom is 0.244 e.